The van der Waals surface area contributed by atoms with Crippen LogP contribution < -0.4 is 0 Å². The van der Waals surface area contributed by atoms with Crippen LogP contribution >= 0.6 is 0 Å². The second kappa shape index (κ2) is 18.7. The molecule has 0 atom stereocenters. The molecule has 0 bridgehead atoms. The number of hydrogen-bond donors (Lipinski definition) is 1. The average Bonchev–Trinajstić information content (AvgIpc) is 2.83. The van der Waals surface area contributed by atoms with Crippen molar-refractivity contribution in [2.24, 2.45) is 0 Å². The van der Waals surface area contributed by atoms with Crippen molar-refractivity contribution in [3.63, 3.8) is 0 Å². The smallest absolute Gasteiger partial charge is 0.306 e. The van der Waals surface area contributed by atoms with Crippen LogP contribution in [0.3, 0.4) is 0 Å². The number of benzene rings is 1. The van der Waals surface area contributed by atoms with Gasteiger partial charge in [-0.1, -0.05) is 157 Å². The summed E-state index contributed by atoms with van der Waals surface area (Å²) in [5.74, 6) is 0.272. The molecule has 3 heteroatoms. The monoisotopic (exact) mass is 530 g/mol. The molecule has 0 fully saturated rings. The molecule has 3 nitrogen and oxygen atoms in total. The summed E-state index contributed by atoms with van der Waals surface area (Å²) in [5, 5.41) is 10.9. The zero-order chi connectivity index (χ0) is 28.4. The maximum absolute atomic E-state index is 12.3. The molecule has 0 aliphatic heterocycles. The van der Waals surface area contributed by atoms with Crippen LogP contribution in [0.25, 0.3) is 0 Å². The quantitative estimate of drug-likeness (QED) is 0.135. The van der Waals surface area contributed by atoms with Crippen LogP contribution in [-0.2, 0) is 26.8 Å². The Morgan fingerprint density at radius 1 is 0.658 bits per heavy atom. The minimum Gasteiger partial charge on any atom is -0.507 e. The second-order valence-corrected chi connectivity index (χ2v) is 13.6. The van der Waals surface area contributed by atoms with Gasteiger partial charge in [-0.05, 0) is 40.4 Å². The van der Waals surface area contributed by atoms with E-state index in [0.29, 0.717) is 25.2 Å². The molecule has 0 aliphatic rings. The number of carbonyl (C=O) groups is 1. The first kappa shape index (κ1) is 34.5. The minimum atomic E-state index is -0.159. The van der Waals surface area contributed by atoms with Gasteiger partial charge in [0.15, 0.2) is 0 Å². The Bertz CT molecular complexity index is 731. The van der Waals surface area contributed by atoms with Crippen LogP contribution in [0, 0.1) is 0 Å². The van der Waals surface area contributed by atoms with E-state index in [4.69, 9.17) is 4.74 Å². The largest absolute Gasteiger partial charge is 0.507 e. The lowest BCUT2D eigenvalue weighted by Gasteiger charge is -2.28. The summed E-state index contributed by atoms with van der Waals surface area (Å²) in [6, 6.07) is 4.13. The van der Waals surface area contributed by atoms with Gasteiger partial charge in [0.25, 0.3) is 0 Å². The number of hydrogen-bond acceptors (Lipinski definition) is 3. The van der Waals surface area contributed by atoms with E-state index in [1.54, 1.807) is 0 Å². The zero-order valence-electron chi connectivity index (χ0n) is 26.4. The van der Waals surface area contributed by atoms with Crippen molar-refractivity contribution >= 4 is 5.97 Å². The Morgan fingerprint density at radius 2 is 1.03 bits per heavy atom. The van der Waals surface area contributed by atoms with Gasteiger partial charge >= 0.3 is 5.97 Å². The van der Waals surface area contributed by atoms with Crippen molar-refractivity contribution in [1.82, 2.24) is 0 Å². The van der Waals surface area contributed by atoms with Crippen LogP contribution in [-0.4, -0.2) is 17.7 Å². The Morgan fingerprint density at radius 3 is 1.39 bits per heavy atom. The Balaban J connectivity index is 2.13. The highest BCUT2D eigenvalue weighted by Crippen LogP contribution is 2.40. The van der Waals surface area contributed by atoms with Gasteiger partial charge in [-0.25, -0.2) is 0 Å². The number of carbonyl (C=O) groups excluding carboxylic acids is 1. The van der Waals surface area contributed by atoms with Crippen LogP contribution in [0.15, 0.2) is 12.1 Å². The molecular weight excluding hydrogens is 468 g/mol. The topological polar surface area (TPSA) is 46.5 Å². The SMILES string of the molecule is CCCCCCCCCCCCCCCCCCOC(=O)CCc1cc(C(C)(C)C)c(O)c(C(C)(C)C)c1. The van der Waals surface area contributed by atoms with Crippen molar-refractivity contribution in [3.05, 3.63) is 28.8 Å². The molecule has 1 N–H and O–H groups in total. The van der Waals surface area contributed by atoms with E-state index >= 15 is 0 Å². The van der Waals surface area contributed by atoms with Gasteiger partial charge in [0.2, 0.25) is 0 Å². The summed E-state index contributed by atoms with van der Waals surface area (Å²) >= 11 is 0. The van der Waals surface area contributed by atoms with Crippen LogP contribution in [0.5, 0.6) is 5.75 Å². The van der Waals surface area contributed by atoms with Crippen molar-refractivity contribution in [3.8, 4) is 5.75 Å². The minimum absolute atomic E-state index is 0.117. The number of ether oxygens (including phenoxy) is 1. The number of phenolic OH excluding ortho intramolecular Hbond substituents is 1. The molecule has 220 valence electrons. The molecule has 0 unspecified atom stereocenters. The number of phenols is 1. The normalized spacial score (nSPS) is 12.2. The molecule has 0 aromatic heterocycles. The molecule has 1 aromatic rings. The maximum atomic E-state index is 12.3. The van der Waals surface area contributed by atoms with E-state index < -0.39 is 0 Å². The predicted molar refractivity (Wildman–Crippen MR) is 164 cm³/mol. The third-order valence-corrected chi connectivity index (χ3v) is 7.66. The average molecular weight is 531 g/mol. The van der Waals surface area contributed by atoms with Crippen molar-refractivity contribution in [1.29, 1.82) is 0 Å². The van der Waals surface area contributed by atoms with Crippen LogP contribution in [0.1, 0.15) is 174 Å². The molecule has 0 saturated carbocycles. The zero-order valence-corrected chi connectivity index (χ0v) is 26.4. The van der Waals surface area contributed by atoms with Gasteiger partial charge in [0.1, 0.15) is 5.75 Å². The number of rotatable bonds is 20. The first-order valence-electron chi connectivity index (χ1n) is 16.0. The van der Waals surface area contributed by atoms with Crippen LogP contribution in [0.4, 0.5) is 0 Å². The lowest BCUT2D eigenvalue weighted by atomic mass is 9.78. The van der Waals surface area contributed by atoms with E-state index in [2.05, 4.69) is 60.6 Å². The Hall–Kier alpha value is -1.51. The summed E-state index contributed by atoms with van der Waals surface area (Å²) in [4.78, 5) is 12.3. The third kappa shape index (κ3) is 15.2. The predicted octanol–water partition coefficient (Wildman–Crippen LogP) is 10.7. The van der Waals surface area contributed by atoms with E-state index in [9.17, 15) is 9.90 Å². The summed E-state index contributed by atoms with van der Waals surface area (Å²) in [5.41, 5.74) is 2.67. The molecule has 0 aliphatic carbocycles. The Labute approximate surface area is 236 Å². The van der Waals surface area contributed by atoms with Gasteiger partial charge in [-0.2, -0.15) is 0 Å². The second-order valence-electron chi connectivity index (χ2n) is 13.6. The van der Waals surface area contributed by atoms with E-state index in [0.717, 1.165) is 29.5 Å². The highest BCUT2D eigenvalue weighted by Gasteiger charge is 2.26. The molecule has 0 amide bonds. The highest BCUT2D eigenvalue weighted by atomic mass is 16.5. The van der Waals surface area contributed by atoms with Gasteiger partial charge in [0, 0.05) is 6.42 Å². The highest BCUT2D eigenvalue weighted by molar-refractivity contribution is 5.69. The number of esters is 1. The fourth-order valence-corrected chi connectivity index (χ4v) is 5.14. The Kier molecular flexibility index (Phi) is 17.0. The molecule has 38 heavy (non-hydrogen) atoms. The third-order valence-electron chi connectivity index (χ3n) is 7.66. The maximum Gasteiger partial charge on any atom is 0.306 e. The molecule has 0 radical (unpaired) electrons. The van der Waals surface area contributed by atoms with Gasteiger partial charge in [-0.3, -0.25) is 4.79 Å². The lowest BCUT2D eigenvalue weighted by Crippen LogP contribution is -2.18. The lowest BCUT2D eigenvalue weighted by molar-refractivity contribution is -0.143. The van der Waals surface area contributed by atoms with Crippen LogP contribution in [0.2, 0.25) is 0 Å². The molecular formula is C35H62O3. The number of aromatic hydroxyl groups is 1. The summed E-state index contributed by atoms with van der Waals surface area (Å²) in [6.07, 6.45) is 22.5. The molecule has 1 aromatic carbocycles. The van der Waals surface area contributed by atoms with Crippen molar-refractivity contribution in [2.75, 3.05) is 6.61 Å². The molecule has 0 heterocycles. The van der Waals surface area contributed by atoms with Crippen molar-refractivity contribution < 1.29 is 14.6 Å². The van der Waals surface area contributed by atoms with Gasteiger partial charge in [-0.15, -0.1) is 0 Å². The van der Waals surface area contributed by atoms with E-state index in [1.807, 2.05) is 0 Å². The molecule has 1 rings (SSSR count). The summed E-state index contributed by atoms with van der Waals surface area (Å²) < 4.78 is 5.51. The van der Waals surface area contributed by atoms with Gasteiger partial charge in [0.05, 0.1) is 6.61 Å². The summed E-state index contributed by atoms with van der Waals surface area (Å²) in [7, 11) is 0. The fraction of sp³-hybridized carbons (Fsp3) is 0.800. The number of unbranched alkanes of at least 4 members (excludes halogenated alkanes) is 15. The molecule has 0 spiro atoms. The van der Waals surface area contributed by atoms with Gasteiger partial charge < -0.3 is 9.84 Å². The van der Waals surface area contributed by atoms with E-state index in [1.165, 1.54) is 89.9 Å². The summed E-state index contributed by atoms with van der Waals surface area (Å²) in [6.45, 7) is 15.5. The molecule has 0 saturated heterocycles. The number of aryl methyl sites for hydroxylation is 1. The van der Waals surface area contributed by atoms with E-state index in [-0.39, 0.29) is 16.8 Å². The van der Waals surface area contributed by atoms with Crippen molar-refractivity contribution in [2.45, 2.75) is 175 Å². The standard InChI is InChI=1S/C35H62O3/c1-8-9-10-11-12-13-14-15-16-17-18-19-20-21-22-23-26-38-32(36)25-24-29-27-30(34(2,3)4)33(37)31(28-29)35(5,6)7/h27-28,37H,8-26H2,1-7H3. The first-order valence-corrected chi connectivity index (χ1v) is 16.0. The first-order chi connectivity index (χ1) is 18.0. The fourth-order valence-electron chi connectivity index (χ4n) is 5.14.